The van der Waals surface area contributed by atoms with Gasteiger partial charge in [0.25, 0.3) is 0 Å². The van der Waals surface area contributed by atoms with Crippen LogP contribution in [0.15, 0.2) is 42.9 Å². The van der Waals surface area contributed by atoms with E-state index in [0.29, 0.717) is 30.4 Å². The predicted octanol–water partition coefficient (Wildman–Crippen LogP) is 2.16. The zero-order valence-corrected chi connectivity index (χ0v) is 14.2. The second-order valence-electron chi connectivity index (χ2n) is 5.50. The number of anilines is 1. The van der Waals surface area contributed by atoms with Gasteiger partial charge in [-0.3, -0.25) is 9.78 Å². The molecule has 0 spiro atoms. The van der Waals surface area contributed by atoms with Crippen LogP contribution in [-0.2, 0) is 4.79 Å². The minimum absolute atomic E-state index is 0.0453. The summed E-state index contributed by atoms with van der Waals surface area (Å²) in [5.41, 5.74) is 0.574. The fourth-order valence-electron chi connectivity index (χ4n) is 1.84. The molecule has 0 aliphatic rings. The standard InChI is InChI=1S/C17H21N5O3/c1-12(2)16(23)20-8-9-21-17(24)22-13-4-3-5-14(10-13)25-15-11-18-6-7-19-15/h3-7,10-12H,8-9H2,1-2H3,(H,20,23)(H2,21,22,24). The number of nitrogens with one attached hydrogen (secondary N) is 3. The Hall–Kier alpha value is -3.16. The van der Waals surface area contributed by atoms with Crippen LogP contribution in [0.25, 0.3) is 0 Å². The maximum Gasteiger partial charge on any atom is 0.319 e. The maximum absolute atomic E-state index is 11.9. The van der Waals surface area contributed by atoms with E-state index in [1.807, 2.05) is 13.8 Å². The molecule has 25 heavy (non-hydrogen) atoms. The molecule has 0 aliphatic carbocycles. The first-order valence-corrected chi connectivity index (χ1v) is 7.91. The molecule has 1 aromatic heterocycles. The van der Waals surface area contributed by atoms with Crippen molar-refractivity contribution in [3.05, 3.63) is 42.9 Å². The lowest BCUT2D eigenvalue weighted by Gasteiger charge is -2.10. The third kappa shape index (κ3) is 6.46. The quantitative estimate of drug-likeness (QED) is 0.668. The van der Waals surface area contributed by atoms with Crippen LogP contribution in [0, 0.1) is 5.92 Å². The van der Waals surface area contributed by atoms with E-state index in [0.717, 1.165) is 0 Å². The van der Waals surface area contributed by atoms with Gasteiger partial charge in [-0.15, -0.1) is 0 Å². The van der Waals surface area contributed by atoms with E-state index >= 15 is 0 Å². The van der Waals surface area contributed by atoms with E-state index in [9.17, 15) is 9.59 Å². The summed E-state index contributed by atoms with van der Waals surface area (Å²) >= 11 is 0. The van der Waals surface area contributed by atoms with Gasteiger partial charge in [0.15, 0.2) is 0 Å². The number of rotatable bonds is 7. The number of hydrogen-bond acceptors (Lipinski definition) is 5. The summed E-state index contributed by atoms with van der Waals surface area (Å²) < 4.78 is 5.56. The van der Waals surface area contributed by atoms with Crippen molar-refractivity contribution in [3.63, 3.8) is 0 Å². The molecule has 0 saturated carbocycles. The highest BCUT2D eigenvalue weighted by Crippen LogP contribution is 2.21. The molecular weight excluding hydrogens is 322 g/mol. The van der Waals surface area contributed by atoms with Gasteiger partial charge in [-0.05, 0) is 12.1 Å². The monoisotopic (exact) mass is 343 g/mol. The fourth-order valence-corrected chi connectivity index (χ4v) is 1.84. The number of urea groups is 1. The highest BCUT2D eigenvalue weighted by atomic mass is 16.5. The second kappa shape index (κ2) is 9.21. The minimum atomic E-state index is -0.365. The Bertz CT molecular complexity index is 706. The summed E-state index contributed by atoms with van der Waals surface area (Å²) in [7, 11) is 0. The summed E-state index contributed by atoms with van der Waals surface area (Å²) in [5.74, 6) is 0.773. The third-order valence-corrected chi connectivity index (χ3v) is 3.09. The Morgan fingerprint density at radius 3 is 2.68 bits per heavy atom. The van der Waals surface area contributed by atoms with Crippen LogP contribution in [0.5, 0.6) is 11.6 Å². The first-order chi connectivity index (χ1) is 12.0. The summed E-state index contributed by atoms with van der Waals surface area (Å²) in [6.45, 7) is 4.33. The summed E-state index contributed by atoms with van der Waals surface area (Å²) in [5, 5.41) is 8.09. The number of benzene rings is 1. The van der Waals surface area contributed by atoms with Crippen LogP contribution < -0.4 is 20.7 Å². The molecule has 2 rings (SSSR count). The molecule has 1 heterocycles. The summed E-state index contributed by atoms with van der Waals surface area (Å²) in [6, 6.07) is 6.55. The van der Waals surface area contributed by atoms with Crippen molar-refractivity contribution in [1.29, 1.82) is 0 Å². The van der Waals surface area contributed by atoms with Crippen LogP contribution >= 0.6 is 0 Å². The number of amides is 3. The number of carbonyl (C=O) groups is 2. The number of hydrogen-bond donors (Lipinski definition) is 3. The minimum Gasteiger partial charge on any atom is -0.437 e. The van der Waals surface area contributed by atoms with E-state index in [2.05, 4.69) is 25.9 Å². The van der Waals surface area contributed by atoms with Crippen molar-refractivity contribution in [2.75, 3.05) is 18.4 Å². The molecule has 8 nitrogen and oxygen atoms in total. The fraction of sp³-hybridized carbons (Fsp3) is 0.294. The highest BCUT2D eigenvalue weighted by molar-refractivity contribution is 5.89. The molecule has 1 aromatic carbocycles. The molecule has 132 valence electrons. The van der Waals surface area contributed by atoms with Crippen molar-refractivity contribution in [2.45, 2.75) is 13.8 Å². The lowest BCUT2D eigenvalue weighted by Crippen LogP contribution is -2.38. The Morgan fingerprint density at radius 1 is 1.16 bits per heavy atom. The van der Waals surface area contributed by atoms with Crippen LogP contribution in [0.2, 0.25) is 0 Å². The average Bonchev–Trinajstić information content (AvgIpc) is 2.59. The van der Waals surface area contributed by atoms with Gasteiger partial charge in [0.1, 0.15) is 5.75 Å². The number of carbonyl (C=O) groups excluding carboxylic acids is 2. The zero-order valence-electron chi connectivity index (χ0n) is 14.2. The molecule has 0 unspecified atom stereocenters. The molecular formula is C17H21N5O3. The number of aromatic nitrogens is 2. The lowest BCUT2D eigenvalue weighted by atomic mass is 10.2. The Balaban J connectivity index is 1.79. The van der Waals surface area contributed by atoms with Crippen molar-refractivity contribution >= 4 is 17.6 Å². The van der Waals surface area contributed by atoms with Crippen molar-refractivity contribution in [3.8, 4) is 11.6 Å². The van der Waals surface area contributed by atoms with Crippen LogP contribution in [0.4, 0.5) is 10.5 Å². The van der Waals surface area contributed by atoms with Gasteiger partial charge in [0, 0.05) is 43.2 Å². The van der Waals surface area contributed by atoms with E-state index in [1.165, 1.54) is 12.4 Å². The largest absolute Gasteiger partial charge is 0.437 e. The molecule has 8 heteroatoms. The van der Waals surface area contributed by atoms with Crippen LogP contribution in [-0.4, -0.2) is 35.0 Å². The van der Waals surface area contributed by atoms with Gasteiger partial charge in [-0.1, -0.05) is 19.9 Å². The van der Waals surface area contributed by atoms with Crippen LogP contribution in [0.1, 0.15) is 13.8 Å². The molecule has 0 radical (unpaired) electrons. The topological polar surface area (TPSA) is 105 Å². The van der Waals surface area contributed by atoms with Gasteiger partial charge in [0.05, 0.1) is 6.20 Å². The Labute approximate surface area is 146 Å². The number of ether oxygens (including phenoxy) is 1. The Morgan fingerprint density at radius 2 is 1.96 bits per heavy atom. The van der Waals surface area contributed by atoms with Gasteiger partial charge < -0.3 is 20.7 Å². The molecule has 0 aliphatic heterocycles. The Kier molecular flexibility index (Phi) is 6.70. The molecule has 0 bridgehead atoms. The van der Waals surface area contributed by atoms with Gasteiger partial charge in [-0.2, -0.15) is 0 Å². The molecule has 0 saturated heterocycles. The molecule has 3 N–H and O–H groups in total. The first-order valence-electron chi connectivity index (χ1n) is 7.91. The molecule has 2 aromatic rings. The van der Waals surface area contributed by atoms with E-state index in [4.69, 9.17) is 4.74 Å². The maximum atomic E-state index is 11.9. The van der Waals surface area contributed by atoms with Crippen molar-refractivity contribution < 1.29 is 14.3 Å². The predicted molar refractivity (Wildman–Crippen MR) is 93.4 cm³/mol. The smallest absolute Gasteiger partial charge is 0.319 e. The third-order valence-electron chi connectivity index (χ3n) is 3.09. The molecule has 0 fully saturated rings. The summed E-state index contributed by atoms with van der Waals surface area (Å²) in [6.07, 6.45) is 4.58. The van der Waals surface area contributed by atoms with Gasteiger partial charge in [-0.25, -0.2) is 9.78 Å². The second-order valence-corrected chi connectivity index (χ2v) is 5.50. The molecule has 3 amide bonds. The first kappa shape index (κ1) is 18.2. The van der Waals surface area contributed by atoms with Crippen molar-refractivity contribution in [2.24, 2.45) is 5.92 Å². The van der Waals surface area contributed by atoms with Crippen LogP contribution in [0.3, 0.4) is 0 Å². The SMILES string of the molecule is CC(C)C(=O)NCCNC(=O)Nc1cccc(Oc2cnccn2)c1. The average molecular weight is 343 g/mol. The lowest BCUT2D eigenvalue weighted by molar-refractivity contribution is -0.123. The van der Waals surface area contributed by atoms with Gasteiger partial charge >= 0.3 is 6.03 Å². The zero-order chi connectivity index (χ0) is 18.1. The highest BCUT2D eigenvalue weighted by Gasteiger charge is 2.06. The van der Waals surface area contributed by atoms with Crippen molar-refractivity contribution in [1.82, 2.24) is 20.6 Å². The summed E-state index contributed by atoms with van der Waals surface area (Å²) in [4.78, 5) is 31.2. The van der Waals surface area contributed by atoms with E-state index < -0.39 is 0 Å². The normalized spacial score (nSPS) is 10.2. The molecule has 0 atom stereocenters. The number of nitrogens with zero attached hydrogens (tertiary/aromatic N) is 2. The van der Waals surface area contributed by atoms with E-state index in [-0.39, 0.29) is 17.9 Å². The van der Waals surface area contributed by atoms with Gasteiger partial charge in [0.2, 0.25) is 11.8 Å². The van der Waals surface area contributed by atoms with E-state index in [1.54, 1.807) is 30.5 Å².